The summed E-state index contributed by atoms with van der Waals surface area (Å²) in [4.78, 5) is 23.7. The van der Waals surface area contributed by atoms with Crippen molar-refractivity contribution in [2.24, 2.45) is 0 Å². The maximum atomic E-state index is 12.3. The first-order chi connectivity index (χ1) is 10.1. The van der Waals surface area contributed by atoms with Gasteiger partial charge in [0.05, 0.1) is 6.04 Å². The summed E-state index contributed by atoms with van der Waals surface area (Å²) < 4.78 is 0. The molecule has 3 N–H and O–H groups in total. The van der Waals surface area contributed by atoms with Crippen LogP contribution in [0, 0.1) is 0 Å². The molecule has 0 spiro atoms. The minimum absolute atomic E-state index is 0.288. The minimum Gasteiger partial charge on any atom is -0.479 e. The van der Waals surface area contributed by atoms with E-state index < -0.39 is 12.0 Å². The highest BCUT2D eigenvalue weighted by molar-refractivity contribution is 6.31. The van der Waals surface area contributed by atoms with Crippen molar-refractivity contribution in [1.82, 2.24) is 10.6 Å². The molecule has 0 saturated carbocycles. The van der Waals surface area contributed by atoms with E-state index in [0.29, 0.717) is 10.6 Å². The molecule has 0 aliphatic carbocycles. The molecular weight excluding hydrogens is 292 g/mol. The lowest BCUT2D eigenvalue weighted by Gasteiger charge is -2.20. The molecule has 2 atom stereocenters. The molecule has 2 rings (SSSR count). The molecular formula is C15H19ClN2O3. The van der Waals surface area contributed by atoms with Crippen molar-refractivity contribution in [2.45, 2.75) is 37.8 Å². The summed E-state index contributed by atoms with van der Waals surface area (Å²) in [7, 11) is 0. The van der Waals surface area contributed by atoms with Crippen LogP contribution in [0.4, 0.5) is 0 Å². The van der Waals surface area contributed by atoms with Crippen molar-refractivity contribution in [1.29, 1.82) is 0 Å². The smallest absolute Gasteiger partial charge is 0.330 e. The van der Waals surface area contributed by atoms with Crippen molar-refractivity contribution in [2.75, 3.05) is 6.54 Å². The number of rotatable bonds is 4. The summed E-state index contributed by atoms with van der Waals surface area (Å²) in [5.41, 5.74) is 0.397. The second-order valence-corrected chi connectivity index (χ2v) is 5.56. The standard InChI is InChI=1S/C15H19ClN2O3/c16-11-7-4-3-6-10(11)13(15(20)21)18-14(19)12-8-2-1-5-9-17-12/h3-4,6-7,12-13,17H,1-2,5,8-9H2,(H,18,19)(H,20,21)/t12?,13-/m1/s1. The van der Waals surface area contributed by atoms with Crippen LogP contribution in [-0.2, 0) is 9.59 Å². The second kappa shape index (κ2) is 7.43. The second-order valence-electron chi connectivity index (χ2n) is 5.16. The van der Waals surface area contributed by atoms with Crippen LogP contribution in [0.15, 0.2) is 24.3 Å². The highest BCUT2D eigenvalue weighted by Gasteiger charge is 2.28. The summed E-state index contributed by atoms with van der Waals surface area (Å²) in [6, 6.07) is 5.19. The van der Waals surface area contributed by atoms with E-state index in [2.05, 4.69) is 10.6 Å². The van der Waals surface area contributed by atoms with E-state index in [1.807, 2.05) is 0 Å². The number of hydrogen-bond acceptors (Lipinski definition) is 3. The van der Waals surface area contributed by atoms with Gasteiger partial charge in [0.2, 0.25) is 5.91 Å². The van der Waals surface area contributed by atoms with Gasteiger partial charge in [-0.15, -0.1) is 0 Å². The largest absolute Gasteiger partial charge is 0.479 e. The van der Waals surface area contributed by atoms with E-state index in [1.165, 1.54) is 0 Å². The van der Waals surface area contributed by atoms with Crippen LogP contribution in [0.3, 0.4) is 0 Å². The molecule has 1 aromatic rings. The highest BCUT2D eigenvalue weighted by atomic mass is 35.5. The Morgan fingerprint density at radius 1 is 1.29 bits per heavy atom. The zero-order valence-electron chi connectivity index (χ0n) is 11.6. The van der Waals surface area contributed by atoms with E-state index in [9.17, 15) is 14.7 Å². The fourth-order valence-corrected chi connectivity index (χ4v) is 2.72. The predicted octanol–water partition coefficient (Wildman–Crippen LogP) is 2.11. The summed E-state index contributed by atoms with van der Waals surface area (Å²) in [6.45, 7) is 0.780. The first kappa shape index (κ1) is 15.8. The number of amides is 1. The number of benzene rings is 1. The van der Waals surface area contributed by atoms with Crippen molar-refractivity contribution < 1.29 is 14.7 Å². The van der Waals surface area contributed by atoms with E-state index in [0.717, 1.165) is 32.2 Å². The van der Waals surface area contributed by atoms with Crippen LogP contribution in [0.5, 0.6) is 0 Å². The summed E-state index contributed by atoms with van der Waals surface area (Å²) in [6.07, 6.45) is 3.82. The number of halogens is 1. The number of hydrogen-bond donors (Lipinski definition) is 3. The molecule has 21 heavy (non-hydrogen) atoms. The van der Waals surface area contributed by atoms with Crippen molar-refractivity contribution >= 4 is 23.5 Å². The lowest BCUT2D eigenvalue weighted by Crippen LogP contribution is -2.46. The third kappa shape index (κ3) is 4.19. The Balaban J connectivity index is 2.11. The number of carboxylic acids is 1. The van der Waals surface area contributed by atoms with Gasteiger partial charge in [-0.05, 0) is 25.5 Å². The van der Waals surface area contributed by atoms with Gasteiger partial charge in [0, 0.05) is 10.6 Å². The molecule has 1 saturated heterocycles. The molecule has 0 bridgehead atoms. The molecule has 1 unspecified atom stereocenters. The molecule has 5 nitrogen and oxygen atoms in total. The fourth-order valence-electron chi connectivity index (χ4n) is 2.48. The first-order valence-corrected chi connectivity index (χ1v) is 7.48. The Morgan fingerprint density at radius 2 is 2.05 bits per heavy atom. The third-order valence-corrected chi connectivity index (χ3v) is 3.97. The number of carbonyl (C=O) groups excluding carboxylic acids is 1. The van der Waals surface area contributed by atoms with E-state index in [4.69, 9.17) is 11.6 Å². The number of nitrogens with one attached hydrogen (secondary N) is 2. The van der Waals surface area contributed by atoms with Gasteiger partial charge in [-0.1, -0.05) is 42.6 Å². The topological polar surface area (TPSA) is 78.4 Å². The van der Waals surface area contributed by atoms with Gasteiger partial charge < -0.3 is 15.7 Å². The van der Waals surface area contributed by atoms with Crippen molar-refractivity contribution in [3.63, 3.8) is 0 Å². The van der Waals surface area contributed by atoms with Gasteiger partial charge >= 0.3 is 5.97 Å². The molecule has 114 valence electrons. The van der Waals surface area contributed by atoms with Crippen molar-refractivity contribution in [3.05, 3.63) is 34.9 Å². The van der Waals surface area contributed by atoms with E-state index >= 15 is 0 Å². The Labute approximate surface area is 128 Å². The zero-order chi connectivity index (χ0) is 15.2. The average molecular weight is 311 g/mol. The first-order valence-electron chi connectivity index (χ1n) is 7.10. The lowest BCUT2D eigenvalue weighted by atomic mass is 10.1. The Hall–Kier alpha value is -1.59. The van der Waals surface area contributed by atoms with E-state index in [1.54, 1.807) is 24.3 Å². The zero-order valence-corrected chi connectivity index (χ0v) is 12.4. The maximum absolute atomic E-state index is 12.3. The van der Waals surface area contributed by atoms with Gasteiger partial charge in [-0.25, -0.2) is 4.79 Å². The van der Waals surface area contributed by atoms with Gasteiger partial charge in [0.25, 0.3) is 0 Å². The summed E-state index contributed by atoms with van der Waals surface area (Å²) in [5, 5.41) is 15.4. The molecule has 1 aliphatic rings. The monoisotopic (exact) mass is 310 g/mol. The van der Waals surface area contributed by atoms with Crippen LogP contribution >= 0.6 is 11.6 Å². The number of carbonyl (C=O) groups is 2. The fraction of sp³-hybridized carbons (Fsp3) is 0.467. The Bertz CT molecular complexity index is 513. The van der Waals surface area contributed by atoms with Crippen LogP contribution in [0.25, 0.3) is 0 Å². The lowest BCUT2D eigenvalue weighted by molar-refractivity contribution is -0.142. The molecule has 1 aromatic carbocycles. The molecule has 1 amide bonds. The van der Waals surface area contributed by atoms with Crippen LogP contribution in [-0.4, -0.2) is 29.6 Å². The van der Waals surface area contributed by atoms with E-state index in [-0.39, 0.29) is 11.9 Å². The highest BCUT2D eigenvalue weighted by Crippen LogP contribution is 2.23. The van der Waals surface area contributed by atoms with Crippen molar-refractivity contribution in [3.8, 4) is 0 Å². The van der Waals surface area contributed by atoms with Gasteiger partial charge in [0.15, 0.2) is 6.04 Å². The number of carboxylic acid groups (broad SMARTS) is 1. The van der Waals surface area contributed by atoms with Crippen LogP contribution in [0.2, 0.25) is 5.02 Å². The predicted molar refractivity (Wildman–Crippen MR) is 80.2 cm³/mol. The van der Waals surface area contributed by atoms with Gasteiger partial charge in [-0.3, -0.25) is 4.79 Å². The van der Waals surface area contributed by atoms with Gasteiger partial charge in [-0.2, -0.15) is 0 Å². The molecule has 1 heterocycles. The van der Waals surface area contributed by atoms with Crippen LogP contribution < -0.4 is 10.6 Å². The Kier molecular flexibility index (Phi) is 5.59. The molecule has 0 aromatic heterocycles. The van der Waals surface area contributed by atoms with Gasteiger partial charge in [0.1, 0.15) is 0 Å². The quantitative estimate of drug-likeness (QED) is 0.796. The number of aliphatic carboxylic acids is 1. The summed E-state index contributed by atoms with van der Waals surface area (Å²) in [5.74, 6) is -1.41. The molecule has 6 heteroatoms. The molecule has 0 radical (unpaired) electrons. The maximum Gasteiger partial charge on any atom is 0.330 e. The third-order valence-electron chi connectivity index (χ3n) is 3.63. The minimum atomic E-state index is -1.13. The Morgan fingerprint density at radius 3 is 2.76 bits per heavy atom. The SMILES string of the molecule is O=C(N[C@@H](C(=O)O)c1ccccc1Cl)C1CCCCCN1. The average Bonchev–Trinajstić information content (AvgIpc) is 2.74. The van der Waals surface area contributed by atoms with Crippen LogP contribution in [0.1, 0.15) is 37.3 Å². The molecule has 1 aliphatic heterocycles. The normalized spacial score (nSPS) is 20.3. The summed E-state index contributed by atoms with van der Waals surface area (Å²) >= 11 is 6.03. The molecule has 1 fully saturated rings.